The van der Waals surface area contributed by atoms with E-state index < -0.39 is 0 Å². The highest BCUT2D eigenvalue weighted by atomic mass is 35.5. The zero-order valence-electron chi connectivity index (χ0n) is 11.9. The standard InChI is InChI=1S/C14H23ClN4/c1-8(2)10-6-4-5-7-11(10)18-13-12(16)9(3)17-14(15)19-13/h8,10-11H,4-7,16H2,1-3H3,(H,17,18,19). The number of nitrogen functional groups attached to an aromatic ring is 1. The molecule has 0 spiro atoms. The summed E-state index contributed by atoms with van der Waals surface area (Å²) in [5.41, 5.74) is 7.39. The van der Waals surface area contributed by atoms with E-state index in [0.717, 1.165) is 5.69 Å². The largest absolute Gasteiger partial charge is 0.394 e. The number of hydrogen-bond acceptors (Lipinski definition) is 4. The summed E-state index contributed by atoms with van der Waals surface area (Å²) in [5.74, 6) is 2.02. The van der Waals surface area contributed by atoms with E-state index in [9.17, 15) is 0 Å². The van der Waals surface area contributed by atoms with Crippen LogP contribution in [0.15, 0.2) is 0 Å². The molecule has 1 heterocycles. The van der Waals surface area contributed by atoms with Gasteiger partial charge in [-0.3, -0.25) is 0 Å². The maximum Gasteiger partial charge on any atom is 0.224 e. The van der Waals surface area contributed by atoms with Gasteiger partial charge in [-0.15, -0.1) is 0 Å². The first-order chi connectivity index (χ1) is 8.99. The maximum atomic E-state index is 6.04. The number of aryl methyl sites for hydroxylation is 1. The van der Waals surface area contributed by atoms with Crippen molar-refractivity contribution in [2.75, 3.05) is 11.1 Å². The number of anilines is 2. The molecule has 1 aromatic heterocycles. The van der Waals surface area contributed by atoms with Crippen molar-refractivity contribution in [3.8, 4) is 0 Å². The lowest BCUT2D eigenvalue weighted by molar-refractivity contribution is 0.253. The summed E-state index contributed by atoms with van der Waals surface area (Å²) in [4.78, 5) is 8.31. The number of aromatic nitrogens is 2. The van der Waals surface area contributed by atoms with Crippen LogP contribution in [0, 0.1) is 18.8 Å². The van der Waals surface area contributed by atoms with Gasteiger partial charge in [0.15, 0.2) is 5.82 Å². The second-order valence-electron chi connectivity index (χ2n) is 5.78. The van der Waals surface area contributed by atoms with E-state index in [1.54, 1.807) is 0 Å². The summed E-state index contributed by atoms with van der Waals surface area (Å²) in [7, 11) is 0. The van der Waals surface area contributed by atoms with Gasteiger partial charge in [0.05, 0.1) is 11.4 Å². The number of nitrogens with one attached hydrogen (secondary N) is 1. The molecule has 1 saturated carbocycles. The monoisotopic (exact) mass is 282 g/mol. The molecule has 2 atom stereocenters. The third-order valence-electron chi connectivity index (χ3n) is 4.11. The fourth-order valence-electron chi connectivity index (χ4n) is 2.97. The predicted octanol–water partition coefficient (Wildman–Crippen LogP) is 3.65. The molecule has 0 radical (unpaired) electrons. The van der Waals surface area contributed by atoms with E-state index in [2.05, 4.69) is 29.1 Å². The second-order valence-corrected chi connectivity index (χ2v) is 6.12. The molecule has 0 amide bonds. The van der Waals surface area contributed by atoms with E-state index in [1.807, 2.05) is 6.92 Å². The van der Waals surface area contributed by atoms with Crippen LogP contribution in [0.1, 0.15) is 45.2 Å². The molecule has 1 aliphatic carbocycles. The van der Waals surface area contributed by atoms with E-state index in [4.69, 9.17) is 17.3 Å². The quantitative estimate of drug-likeness (QED) is 0.831. The van der Waals surface area contributed by atoms with E-state index in [1.165, 1.54) is 25.7 Å². The Bertz CT molecular complexity index is 447. The fourth-order valence-corrected chi connectivity index (χ4v) is 3.18. The van der Waals surface area contributed by atoms with Crippen molar-refractivity contribution in [2.45, 2.75) is 52.5 Å². The molecule has 0 bridgehead atoms. The second kappa shape index (κ2) is 5.95. The van der Waals surface area contributed by atoms with Crippen molar-refractivity contribution in [1.82, 2.24) is 9.97 Å². The Morgan fingerprint density at radius 3 is 2.63 bits per heavy atom. The van der Waals surface area contributed by atoms with Crippen LogP contribution >= 0.6 is 11.6 Å². The lowest BCUT2D eigenvalue weighted by atomic mass is 9.78. The zero-order valence-corrected chi connectivity index (χ0v) is 12.7. The van der Waals surface area contributed by atoms with Gasteiger partial charge >= 0.3 is 0 Å². The van der Waals surface area contributed by atoms with Crippen LogP contribution in [0.25, 0.3) is 0 Å². The summed E-state index contributed by atoms with van der Waals surface area (Å²) in [6.45, 7) is 6.42. The average Bonchev–Trinajstić information content (AvgIpc) is 2.35. The summed E-state index contributed by atoms with van der Waals surface area (Å²) in [5, 5.41) is 3.76. The predicted molar refractivity (Wildman–Crippen MR) is 80.4 cm³/mol. The number of nitrogens with two attached hydrogens (primary N) is 1. The number of rotatable bonds is 3. The number of nitrogens with zero attached hydrogens (tertiary/aromatic N) is 2. The molecule has 2 unspecified atom stereocenters. The molecule has 4 nitrogen and oxygen atoms in total. The lowest BCUT2D eigenvalue weighted by Crippen LogP contribution is -2.35. The minimum Gasteiger partial charge on any atom is -0.394 e. The van der Waals surface area contributed by atoms with Crippen LogP contribution < -0.4 is 11.1 Å². The SMILES string of the molecule is Cc1nc(Cl)nc(NC2CCCCC2C(C)C)c1N. The van der Waals surface area contributed by atoms with Gasteiger partial charge in [0.1, 0.15) is 0 Å². The van der Waals surface area contributed by atoms with Crippen LogP contribution in [0.5, 0.6) is 0 Å². The van der Waals surface area contributed by atoms with Crippen molar-refractivity contribution < 1.29 is 0 Å². The molecule has 5 heteroatoms. The highest BCUT2D eigenvalue weighted by molar-refractivity contribution is 6.28. The Morgan fingerprint density at radius 1 is 1.26 bits per heavy atom. The molecule has 19 heavy (non-hydrogen) atoms. The molecule has 1 aliphatic rings. The molecular formula is C14H23ClN4. The van der Waals surface area contributed by atoms with E-state index >= 15 is 0 Å². The number of hydrogen-bond donors (Lipinski definition) is 2. The van der Waals surface area contributed by atoms with E-state index in [0.29, 0.717) is 29.4 Å². The van der Waals surface area contributed by atoms with Gasteiger partial charge in [0, 0.05) is 6.04 Å². The first-order valence-corrected chi connectivity index (χ1v) is 7.43. The Kier molecular flexibility index (Phi) is 4.50. The van der Waals surface area contributed by atoms with Gasteiger partial charge in [-0.1, -0.05) is 26.7 Å². The molecule has 0 aromatic carbocycles. The van der Waals surface area contributed by atoms with Crippen LogP contribution in [0.2, 0.25) is 5.28 Å². The van der Waals surface area contributed by atoms with E-state index in [-0.39, 0.29) is 5.28 Å². The van der Waals surface area contributed by atoms with Gasteiger partial charge in [-0.2, -0.15) is 4.98 Å². The van der Waals surface area contributed by atoms with Crippen molar-refractivity contribution in [2.24, 2.45) is 11.8 Å². The normalized spacial score (nSPS) is 23.6. The lowest BCUT2D eigenvalue weighted by Gasteiger charge is -2.35. The third kappa shape index (κ3) is 3.30. The Morgan fingerprint density at radius 2 is 1.95 bits per heavy atom. The topological polar surface area (TPSA) is 63.8 Å². The first kappa shape index (κ1) is 14.4. The first-order valence-electron chi connectivity index (χ1n) is 7.05. The molecule has 0 saturated heterocycles. The molecule has 1 aromatic rings. The summed E-state index contributed by atoms with van der Waals surface area (Å²) in [6.07, 6.45) is 5.02. The van der Waals surface area contributed by atoms with Gasteiger partial charge in [-0.05, 0) is 43.2 Å². The van der Waals surface area contributed by atoms with Crippen molar-refractivity contribution in [1.29, 1.82) is 0 Å². The minimum atomic E-state index is 0.256. The molecule has 3 N–H and O–H groups in total. The highest BCUT2D eigenvalue weighted by Crippen LogP contribution is 2.33. The van der Waals surface area contributed by atoms with Crippen LogP contribution in [0.3, 0.4) is 0 Å². The fraction of sp³-hybridized carbons (Fsp3) is 0.714. The summed E-state index contributed by atoms with van der Waals surface area (Å²) >= 11 is 5.92. The van der Waals surface area contributed by atoms with Crippen LogP contribution in [0.4, 0.5) is 11.5 Å². The molecular weight excluding hydrogens is 260 g/mol. The van der Waals surface area contributed by atoms with Gasteiger partial charge in [0.2, 0.25) is 5.28 Å². The van der Waals surface area contributed by atoms with Gasteiger partial charge in [-0.25, -0.2) is 4.98 Å². The summed E-state index contributed by atoms with van der Waals surface area (Å²) < 4.78 is 0. The van der Waals surface area contributed by atoms with Gasteiger partial charge < -0.3 is 11.1 Å². The molecule has 106 valence electrons. The molecule has 2 rings (SSSR count). The van der Waals surface area contributed by atoms with Crippen molar-refractivity contribution >= 4 is 23.1 Å². The van der Waals surface area contributed by atoms with Crippen LogP contribution in [-0.2, 0) is 0 Å². The minimum absolute atomic E-state index is 0.256. The van der Waals surface area contributed by atoms with Gasteiger partial charge in [0.25, 0.3) is 0 Å². The Balaban J connectivity index is 2.19. The zero-order chi connectivity index (χ0) is 14.0. The van der Waals surface area contributed by atoms with Crippen molar-refractivity contribution in [3.63, 3.8) is 0 Å². The average molecular weight is 283 g/mol. The smallest absolute Gasteiger partial charge is 0.224 e. The Hall–Kier alpha value is -1.03. The summed E-state index contributed by atoms with van der Waals surface area (Å²) in [6, 6.07) is 0.432. The maximum absolute atomic E-state index is 6.04. The Labute approximate surface area is 120 Å². The molecule has 1 fully saturated rings. The van der Waals surface area contributed by atoms with Crippen LogP contribution in [-0.4, -0.2) is 16.0 Å². The molecule has 0 aliphatic heterocycles. The third-order valence-corrected chi connectivity index (χ3v) is 4.28. The van der Waals surface area contributed by atoms with Crippen molar-refractivity contribution in [3.05, 3.63) is 11.0 Å². The number of halogens is 1. The highest BCUT2D eigenvalue weighted by Gasteiger charge is 2.28.